The van der Waals surface area contributed by atoms with Crippen LogP contribution in [0.15, 0.2) is 24.3 Å². The molecule has 0 spiro atoms. The molecule has 0 heterocycles. The highest BCUT2D eigenvalue weighted by atomic mass is 14.6. The van der Waals surface area contributed by atoms with Gasteiger partial charge in [0, 0.05) is 6.04 Å². The minimum Gasteiger partial charge on any atom is -0.328 e. The summed E-state index contributed by atoms with van der Waals surface area (Å²) in [6.45, 7) is 4.13. The zero-order valence-corrected chi connectivity index (χ0v) is 7.17. The van der Waals surface area contributed by atoms with Gasteiger partial charge in [-0.15, -0.1) is 0 Å². The molecule has 0 unspecified atom stereocenters. The molecule has 60 valence electrons. The molecule has 0 aliphatic heterocycles. The van der Waals surface area contributed by atoms with Crippen LogP contribution in [-0.2, 0) is 6.42 Å². The molecule has 1 rings (SSSR count). The van der Waals surface area contributed by atoms with Crippen molar-refractivity contribution < 1.29 is 0 Å². The molecule has 0 fully saturated rings. The van der Waals surface area contributed by atoms with Crippen molar-refractivity contribution in [3.63, 3.8) is 0 Å². The lowest BCUT2D eigenvalue weighted by atomic mass is 10.1. The Bertz CT molecular complexity index is 228. The minimum atomic E-state index is 0.261. The fourth-order valence-electron chi connectivity index (χ4n) is 1.21. The summed E-state index contributed by atoms with van der Waals surface area (Å²) in [6.07, 6.45) is 0.974. The van der Waals surface area contributed by atoms with E-state index in [1.165, 1.54) is 11.1 Å². The van der Waals surface area contributed by atoms with E-state index < -0.39 is 0 Å². The van der Waals surface area contributed by atoms with E-state index in [1.54, 1.807) is 0 Å². The van der Waals surface area contributed by atoms with Crippen LogP contribution in [0.5, 0.6) is 0 Å². The van der Waals surface area contributed by atoms with E-state index in [4.69, 9.17) is 5.73 Å². The van der Waals surface area contributed by atoms with Crippen molar-refractivity contribution in [2.45, 2.75) is 26.3 Å². The van der Waals surface area contributed by atoms with Gasteiger partial charge in [0.2, 0.25) is 0 Å². The van der Waals surface area contributed by atoms with Crippen LogP contribution in [0.25, 0.3) is 0 Å². The summed E-state index contributed by atoms with van der Waals surface area (Å²) < 4.78 is 0. The minimum absolute atomic E-state index is 0.261. The van der Waals surface area contributed by atoms with Crippen LogP contribution in [0, 0.1) is 6.92 Å². The zero-order valence-electron chi connectivity index (χ0n) is 7.17. The van der Waals surface area contributed by atoms with E-state index >= 15 is 0 Å². The molecule has 11 heavy (non-hydrogen) atoms. The molecule has 0 aliphatic rings. The molecule has 1 aromatic rings. The Labute approximate surface area is 68.2 Å². The summed E-state index contributed by atoms with van der Waals surface area (Å²) >= 11 is 0. The molecule has 0 saturated heterocycles. The van der Waals surface area contributed by atoms with Gasteiger partial charge >= 0.3 is 0 Å². The quantitative estimate of drug-likeness (QED) is 0.682. The average Bonchev–Trinajstić information content (AvgIpc) is 1.85. The van der Waals surface area contributed by atoms with Crippen molar-refractivity contribution >= 4 is 0 Å². The van der Waals surface area contributed by atoms with Gasteiger partial charge in [0.15, 0.2) is 0 Å². The normalized spacial score (nSPS) is 13.0. The predicted molar refractivity (Wildman–Crippen MR) is 48.5 cm³/mol. The lowest BCUT2D eigenvalue weighted by molar-refractivity contribution is 0.738. The van der Waals surface area contributed by atoms with E-state index in [1.807, 2.05) is 6.92 Å². The first-order valence-corrected chi connectivity index (χ1v) is 3.99. The van der Waals surface area contributed by atoms with Crippen LogP contribution in [0.3, 0.4) is 0 Å². The molecule has 0 aromatic heterocycles. The number of aryl methyl sites for hydroxylation is 1. The van der Waals surface area contributed by atoms with Gasteiger partial charge in [-0.25, -0.2) is 0 Å². The van der Waals surface area contributed by atoms with Crippen LogP contribution in [0.1, 0.15) is 18.1 Å². The van der Waals surface area contributed by atoms with E-state index in [0.717, 1.165) is 6.42 Å². The van der Waals surface area contributed by atoms with Gasteiger partial charge in [-0.1, -0.05) is 29.8 Å². The summed E-state index contributed by atoms with van der Waals surface area (Å²) in [5, 5.41) is 0. The van der Waals surface area contributed by atoms with Crippen LogP contribution in [0.2, 0.25) is 0 Å². The predicted octanol–water partition coefficient (Wildman–Crippen LogP) is 1.88. The van der Waals surface area contributed by atoms with Gasteiger partial charge in [0.1, 0.15) is 0 Å². The maximum Gasteiger partial charge on any atom is 0.00509 e. The van der Waals surface area contributed by atoms with E-state index in [-0.39, 0.29) is 6.04 Å². The Hall–Kier alpha value is -0.820. The largest absolute Gasteiger partial charge is 0.328 e. The Balaban J connectivity index is 2.71. The van der Waals surface area contributed by atoms with E-state index in [2.05, 4.69) is 31.2 Å². The maximum atomic E-state index is 5.67. The first kappa shape index (κ1) is 8.28. The van der Waals surface area contributed by atoms with Crippen molar-refractivity contribution in [2.75, 3.05) is 0 Å². The SMILES string of the molecule is Cc1cccc(C[C@H](C)N)c1. The molecule has 0 radical (unpaired) electrons. The van der Waals surface area contributed by atoms with Crippen LogP contribution >= 0.6 is 0 Å². The first-order valence-electron chi connectivity index (χ1n) is 3.99. The fourth-order valence-corrected chi connectivity index (χ4v) is 1.21. The molecule has 0 aliphatic carbocycles. The summed E-state index contributed by atoms with van der Waals surface area (Å²) in [4.78, 5) is 0. The van der Waals surface area contributed by atoms with E-state index in [9.17, 15) is 0 Å². The smallest absolute Gasteiger partial charge is 0.00509 e. The Kier molecular flexibility index (Phi) is 2.66. The topological polar surface area (TPSA) is 26.0 Å². The summed E-state index contributed by atoms with van der Waals surface area (Å²) in [7, 11) is 0. The third-order valence-corrected chi connectivity index (χ3v) is 1.64. The Morgan fingerprint density at radius 3 is 2.73 bits per heavy atom. The third kappa shape index (κ3) is 2.72. The molecule has 1 atom stereocenters. The monoisotopic (exact) mass is 149 g/mol. The van der Waals surface area contributed by atoms with Gasteiger partial charge in [-0.2, -0.15) is 0 Å². The highest BCUT2D eigenvalue weighted by molar-refractivity contribution is 5.22. The summed E-state index contributed by atoms with van der Waals surface area (Å²) in [5.41, 5.74) is 8.32. The van der Waals surface area contributed by atoms with Crippen molar-refractivity contribution in [3.05, 3.63) is 35.4 Å². The second-order valence-corrected chi connectivity index (χ2v) is 3.17. The molecule has 1 aromatic carbocycles. The highest BCUT2D eigenvalue weighted by Crippen LogP contribution is 2.05. The van der Waals surface area contributed by atoms with Gasteiger partial charge < -0.3 is 5.73 Å². The highest BCUT2D eigenvalue weighted by Gasteiger charge is 1.96. The molecule has 2 N–H and O–H groups in total. The molecule has 1 nitrogen and oxygen atoms in total. The van der Waals surface area contributed by atoms with Gasteiger partial charge in [0.05, 0.1) is 0 Å². The Morgan fingerprint density at radius 1 is 1.45 bits per heavy atom. The van der Waals surface area contributed by atoms with E-state index in [0.29, 0.717) is 0 Å². The second kappa shape index (κ2) is 3.54. The van der Waals surface area contributed by atoms with Crippen LogP contribution in [0.4, 0.5) is 0 Å². The molecule has 0 amide bonds. The number of hydrogen-bond donors (Lipinski definition) is 1. The standard InChI is InChI=1S/C10H15N/c1-8-4-3-5-10(6-8)7-9(2)11/h3-6,9H,7,11H2,1-2H3/t9-/m0/s1. The molecule has 1 heteroatoms. The lowest BCUT2D eigenvalue weighted by Gasteiger charge is -2.04. The number of hydrogen-bond acceptors (Lipinski definition) is 1. The fraction of sp³-hybridized carbons (Fsp3) is 0.400. The number of rotatable bonds is 2. The van der Waals surface area contributed by atoms with Gasteiger partial charge in [0.25, 0.3) is 0 Å². The van der Waals surface area contributed by atoms with Crippen molar-refractivity contribution in [3.8, 4) is 0 Å². The van der Waals surface area contributed by atoms with Crippen molar-refractivity contribution in [1.82, 2.24) is 0 Å². The first-order chi connectivity index (χ1) is 5.18. The molecular weight excluding hydrogens is 134 g/mol. The molecular formula is C10H15N. The Morgan fingerprint density at radius 2 is 2.18 bits per heavy atom. The molecule has 0 saturated carbocycles. The summed E-state index contributed by atoms with van der Waals surface area (Å²) in [5.74, 6) is 0. The van der Waals surface area contributed by atoms with Crippen molar-refractivity contribution in [1.29, 1.82) is 0 Å². The van der Waals surface area contributed by atoms with Crippen molar-refractivity contribution in [2.24, 2.45) is 5.73 Å². The van der Waals surface area contributed by atoms with Crippen LogP contribution < -0.4 is 5.73 Å². The number of nitrogens with two attached hydrogens (primary N) is 1. The lowest BCUT2D eigenvalue weighted by Crippen LogP contribution is -2.17. The average molecular weight is 149 g/mol. The van der Waals surface area contributed by atoms with Crippen LogP contribution in [-0.4, -0.2) is 6.04 Å². The maximum absolute atomic E-state index is 5.67. The second-order valence-electron chi connectivity index (χ2n) is 3.17. The third-order valence-electron chi connectivity index (χ3n) is 1.64. The number of benzene rings is 1. The zero-order chi connectivity index (χ0) is 8.27. The molecule has 0 bridgehead atoms. The summed E-state index contributed by atoms with van der Waals surface area (Å²) in [6, 6.07) is 8.74. The van der Waals surface area contributed by atoms with Gasteiger partial charge in [-0.05, 0) is 25.8 Å². The van der Waals surface area contributed by atoms with Gasteiger partial charge in [-0.3, -0.25) is 0 Å².